The molecule has 2 atom stereocenters. The lowest BCUT2D eigenvalue weighted by molar-refractivity contribution is -0.147. The molecule has 0 saturated heterocycles. The van der Waals surface area contributed by atoms with Gasteiger partial charge in [0.25, 0.3) is 0 Å². The van der Waals surface area contributed by atoms with Crippen LogP contribution in [0.5, 0.6) is 0 Å². The first-order valence-corrected chi connectivity index (χ1v) is 8.62. The van der Waals surface area contributed by atoms with Gasteiger partial charge in [0, 0.05) is 6.04 Å². The number of hydrogen-bond acceptors (Lipinski definition) is 3. The summed E-state index contributed by atoms with van der Waals surface area (Å²) in [4.78, 5) is 11.8. The van der Waals surface area contributed by atoms with E-state index in [1.807, 2.05) is 27.0 Å². The first-order chi connectivity index (χ1) is 11.6. The molecule has 0 aliphatic heterocycles. The van der Waals surface area contributed by atoms with Crippen LogP contribution in [0.25, 0.3) is 11.1 Å². The maximum Gasteiger partial charge on any atom is 0.308 e. The molecule has 128 valence electrons. The van der Waals surface area contributed by atoms with E-state index >= 15 is 0 Å². The first-order valence-electron chi connectivity index (χ1n) is 8.62. The summed E-state index contributed by atoms with van der Waals surface area (Å²) in [5, 5.41) is 3.32. The van der Waals surface area contributed by atoms with Crippen molar-refractivity contribution in [3.63, 3.8) is 0 Å². The Balaban J connectivity index is 1.97. The third-order valence-electron chi connectivity index (χ3n) is 4.28. The fraction of sp³-hybridized carbons (Fsp3) is 0.381. The maximum absolute atomic E-state index is 11.8. The van der Waals surface area contributed by atoms with Gasteiger partial charge in [0.05, 0.1) is 12.5 Å². The molecule has 0 bridgehead atoms. The number of hydrogen-bond donors (Lipinski definition) is 1. The lowest BCUT2D eigenvalue weighted by Crippen LogP contribution is -2.32. The zero-order valence-corrected chi connectivity index (χ0v) is 14.8. The third kappa shape index (κ3) is 5.20. The van der Waals surface area contributed by atoms with Crippen LogP contribution >= 0.6 is 0 Å². The molecule has 0 spiro atoms. The minimum Gasteiger partial charge on any atom is -0.466 e. The van der Waals surface area contributed by atoms with Gasteiger partial charge in [0.15, 0.2) is 0 Å². The fourth-order valence-electron chi connectivity index (χ4n) is 2.86. The van der Waals surface area contributed by atoms with Gasteiger partial charge >= 0.3 is 5.97 Å². The van der Waals surface area contributed by atoms with Crippen molar-refractivity contribution in [3.05, 3.63) is 60.2 Å². The largest absolute Gasteiger partial charge is 0.466 e. The van der Waals surface area contributed by atoms with E-state index < -0.39 is 0 Å². The predicted molar refractivity (Wildman–Crippen MR) is 98.8 cm³/mol. The van der Waals surface area contributed by atoms with Crippen LogP contribution in [-0.4, -0.2) is 25.7 Å². The Bertz CT molecular complexity index is 622. The Kier molecular flexibility index (Phi) is 7.01. The summed E-state index contributed by atoms with van der Waals surface area (Å²) in [7, 11) is 1.95. The summed E-state index contributed by atoms with van der Waals surface area (Å²) in [6.07, 6.45) is 1.67. The fourth-order valence-corrected chi connectivity index (χ4v) is 2.86. The Morgan fingerprint density at radius 3 is 2.25 bits per heavy atom. The highest BCUT2D eigenvalue weighted by Crippen LogP contribution is 2.20. The van der Waals surface area contributed by atoms with E-state index in [1.54, 1.807) is 0 Å². The van der Waals surface area contributed by atoms with Crippen molar-refractivity contribution in [1.82, 2.24) is 5.32 Å². The highest BCUT2D eigenvalue weighted by atomic mass is 16.5. The predicted octanol–water partition coefficient (Wildman–Crippen LogP) is 4.07. The molecule has 0 radical (unpaired) electrons. The molecule has 0 amide bonds. The molecule has 2 aromatic rings. The van der Waals surface area contributed by atoms with Crippen molar-refractivity contribution < 1.29 is 9.53 Å². The zero-order chi connectivity index (χ0) is 17.4. The number of likely N-dealkylation sites (N-methyl/N-ethyl adjacent to an activating group) is 1. The lowest BCUT2D eigenvalue weighted by Gasteiger charge is -2.20. The third-order valence-corrected chi connectivity index (χ3v) is 4.28. The summed E-state index contributed by atoms with van der Waals surface area (Å²) in [5.41, 5.74) is 3.72. The van der Waals surface area contributed by atoms with Crippen LogP contribution < -0.4 is 5.32 Å². The SMILES string of the molecule is CCOC(=O)[C@H](C)C[C@@H](Cc1ccc(-c2ccccc2)cc1)NC. The van der Waals surface area contributed by atoms with Crippen LogP contribution in [0.15, 0.2) is 54.6 Å². The normalized spacial score (nSPS) is 13.3. The molecular weight excluding hydrogens is 298 g/mol. The van der Waals surface area contributed by atoms with Crippen molar-refractivity contribution in [2.45, 2.75) is 32.7 Å². The van der Waals surface area contributed by atoms with E-state index in [1.165, 1.54) is 16.7 Å². The summed E-state index contributed by atoms with van der Waals surface area (Å²) in [6.45, 7) is 4.21. The van der Waals surface area contributed by atoms with Crippen molar-refractivity contribution in [2.24, 2.45) is 5.92 Å². The van der Waals surface area contributed by atoms with Gasteiger partial charge in [-0.15, -0.1) is 0 Å². The number of carbonyl (C=O) groups is 1. The van der Waals surface area contributed by atoms with Crippen LogP contribution in [-0.2, 0) is 16.0 Å². The molecule has 0 aromatic heterocycles. The van der Waals surface area contributed by atoms with Gasteiger partial charge in [0.2, 0.25) is 0 Å². The topological polar surface area (TPSA) is 38.3 Å². The lowest BCUT2D eigenvalue weighted by atomic mass is 9.95. The van der Waals surface area contributed by atoms with E-state index in [-0.39, 0.29) is 17.9 Å². The molecular formula is C21H27NO2. The molecule has 3 nitrogen and oxygen atoms in total. The molecule has 0 aliphatic rings. The average molecular weight is 325 g/mol. The highest BCUT2D eigenvalue weighted by molar-refractivity contribution is 5.72. The van der Waals surface area contributed by atoms with Gasteiger partial charge in [0.1, 0.15) is 0 Å². The molecule has 0 fully saturated rings. The Morgan fingerprint density at radius 2 is 1.67 bits per heavy atom. The Morgan fingerprint density at radius 1 is 1.04 bits per heavy atom. The highest BCUT2D eigenvalue weighted by Gasteiger charge is 2.19. The molecule has 3 heteroatoms. The molecule has 1 N–H and O–H groups in total. The second kappa shape index (κ2) is 9.24. The Hall–Kier alpha value is -2.13. The van der Waals surface area contributed by atoms with Gasteiger partial charge in [-0.05, 0) is 43.5 Å². The van der Waals surface area contributed by atoms with Gasteiger partial charge in [-0.2, -0.15) is 0 Å². The molecule has 24 heavy (non-hydrogen) atoms. The summed E-state index contributed by atoms with van der Waals surface area (Å²) in [5.74, 6) is -0.205. The summed E-state index contributed by atoms with van der Waals surface area (Å²) >= 11 is 0. The number of benzene rings is 2. The molecule has 0 aliphatic carbocycles. The van der Waals surface area contributed by atoms with E-state index in [9.17, 15) is 4.79 Å². The van der Waals surface area contributed by atoms with Crippen LogP contribution in [0, 0.1) is 5.92 Å². The molecule has 0 saturated carbocycles. The maximum atomic E-state index is 11.8. The van der Waals surface area contributed by atoms with E-state index in [0.29, 0.717) is 6.61 Å². The van der Waals surface area contributed by atoms with Gasteiger partial charge < -0.3 is 10.1 Å². The molecule has 2 rings (SSSR count). The van der Waals surface area contributed by atoms with Crippen molar-refractivity contribution >= 4 is 5.97 Å². The number of rotatable bonds is 8. The molecule has 2 aromatic carbocycles. The molecule has 0 heterocycles. The second-order valence-electron chi connectivity index (χ2n) is 6.14. The van der Waals surface area contributed by atoms with Crippen LogP contribution in [0.4, 0.5) is 0 Å². The monoisotopic (exact) mass is 325 g/mol. The summed E-state index contributed by atoms with van der Waals surface area (Å²) in [6, 6.07) is 19.3. The van der Waals surface area contributed by atoms with E-state index in [2.05, 4.69) is 53.8 Å². The number of nitrogens with one attached hydrogen (secondary N) is 1. The second-order valence-corrected chi connectivity index (χ2v) is 6.14. The van der Waals surface area contributed by atoms with Crippen molar-refractivity contribution in [2.75, 3.05) is 13.7 Å². The first kappa shape index (κ1) is 18.2. The van der Waals surface area contributed by atoms with Crippen LogP contribution in [0.2, 0.25) is 0 Å². The van der Waals surface area contributed by atoms with E-state index in [0.717, 1.165) is 12.8 Å². The number of ether oxygens (including phenoxy) is 1. The summed E-state index contributed by atoms with van der Waals surface area (Å²) < 4.78 is 5.10. The minimum atomic E-state index is -0.114. The number of carbonyl (C=O) groups excluding carboxylic acids is 1. The van der Waals surface area contributed by atoms with Crippen LogP contribution in [0.3, 0.4) is 0 Å². The molecule has 0 unspecified atom stereocenters. The van der Waals surface area contributed by atoms with E-state index in [4.69, 9.17) is 4.74 Å². The smallest absolute Gasteiger partial charge is 0.308 e. The Labute approximate surface area is 145 Å². The number of esters is 1. The van der Waals surface area contributed by atoms with Crippen molar-refractivity contribution in [3.8, 4) is 11.1 Å². The minimum absolute atomic E-state index is 0.0917. The zero-order valence-electron chi connectivity index (χ0n) is 14.8. The van der Waals surface area contributed by atoms with Gasteiger partial charge in [-0.1, -0.05) is 61.5 Å². The standard InChI is InChI=1S/C21H27NO2/c1-4-24-21(23)16(2)14-20(22-3)15-17-10-12-19(13-11-17)18-8-6-5-7-9-18/h5-13,16,20,22H,4,14-15H2,1-3H3/t16-,20+/m1/s1. The van der Waals surface area contributed by atoms with Crippen molar-refractivity contribution in [1.29, 1.82) is 0 Å². The average Bonchev–Trinajstić information content (AvgIpc) is 2.62. The quantitative estimate of drug-likeness (QED) is 0.743. The van der Waals surface area contributed by atoms with Gasteiger partial charge in [-0.25, -0.2) is 0 Å². The van der Waals surface area contributed by atoms with Crippen LogP contribution in [0.1, 0.15) is 25.8 Å². The van der Waals surface area contributed by atoms with Gasteiger partial charge in [-0.3, -0.25) is 4.79 Å².